The van der Waals surface area contributed by atoms with E-state index in [1.54, 1.807) is 24.3 Å². The molecule has 7 heteroatoms. The lowest BCUT2D eigenvalue weighted by atomic mass is 10.2. The van der Waals surface area contributed by atoms with Crippen LogP contribution in [0.3, 0.4) is 0 Å². The highest BCUT2D eigenvalue weighted by atomic mass is 16.5. The summed E-state index contributed by atoms with van der Waals surface area (Å²) in [6.45, 7) is 1.20. The van der Waals surface area contributed by atoms with Crippen LogP contribution in [0.2, 0.25) is 0 Å². The Morgan fingerprint density at radius 2 is 1.87 bits per heavy atom. The van der Waals surface area contributed by atoms with E-state index in [1.807, 2.05) is 0 Å². The molecule has 0 unspecified atom stereocenters. The third-order valence-corrected chi connectivity index (χ3v) is 3.35. The second kappa shape index (κ2) is 7.62. The van der Waals surface area contributed by atoms with Crippen molar-refractivity contribution in [3.8, 4) is 5.75 Å². The molecule has 1 aliphatic carbocycles. The number of hydrogen-bond acceptors (Lipinski definition) is 5. The largest absolute Gasteiger partial charge is 0.497 e. The van der Waals surface area contributed by atoms with Crippen molar-refractivity contribution in [2.45, 2.75) is 31.9 Å². The van der Waals surface area contributed by atoms with Crippen molar-refractivity contribution in [1.29, 1.82) is 0 Å². The van der Waals surface area contributed by atoms with Crippen molar-refractivity contribution < 1.29 is 23.9 Å². The fourth-order valence-corrected chi connectivity index (χ4v) is 1.84. The number of hydrogen-bond donors (Lipinski definition) is 2. The highest BCUT2D eigenvalue weighted by molar-refractivity contribution is 5.96. The van der Waals surface area contributed by atoms with Gasteiger partial charge in [0.15, 0.2) is 6.10 Å². The van der Waals surface area contributed by atoms with E-state index < -0.39 is 18.0 Å². The summed E-state index contributed by atoms with van der Waals surface area (Å²) in [6, 6.07) is 6.68. The summed E-state index contributed by atoms with van der Waals surface area (Å²) >= 11 is 0. The number of esters is 1. The van der Waals surface area contributed by atoms with Gasteiger partial charge in [-0.3, -0.25) is 14.4 Å². The summed E-state index contributed by atoms with van der Waals surface area (Å²) < 4.78 is 9.98. The van der Waals surface area contributed by atoms with Crippen molar-refractivity contribution >= 4 is 17.8 Å². The third-order valence-electron chi connectivity index (χ3n) is 3.35. The van der Waals surface area contributed by atoms with Crippen molar-refractivity contribution in [2.75, 3.05) is 13.7 Å². The standard InChI is InChI=1S/C16H20N2O5/c1-10(15(20)18-12-5-6-12)23-14(19)9-17-16(21)11-3-7-13(22-2)8-4-11/h3-4,7-8,10,12H,5-6,9H2,1-2H3,(H,17,21)(H,18,20)/t10-/m0/s1. The molecular formula is C16H20N2O5. The number of carbonyl (C=O) groups excluding carboxylic acids is 3. The molecule has 0 saturated heterocycles. The van der Waals surface area contributed by atoms with Crippen LogP contribution in [0.4, 0.5) is 0 Å². The molecule has 1 atom stereocenters. The van der Waals surface area contributed by atoms with Crippen LogP contribution >= 0.6 is 0 Å². The first-order valence-electron chi connectivity index (χ1n) is 7.41. The first-order valence-corrected chi connectivity index (χ1v) is 7.41. The second-order valence-electron chi connectivity index (χ2n) is 5.33. The van der Waals surface area contributed by atoms with Crippen LogP contribution in [-0.4, -0.2) is 43.6 Å². The van der Waals surface area contributed by atoms with Gasteiger partial charge in [0, 0.05) is 11.6 Å². The van der Waals surface area contributed by atoms with Crippen LogP contribution in [-0.2, 0) is 14.3 Å². The van der Waals surface area contributed by atoms with E-state index in [2.05, 4.69) is 10.6 Å². The Hall–Kier alpha value is -2.57. The van der Waals surface area contributed by atoms with E-state index in [-0.39, 0.29) is 18.5 Å². The highest BCUT2D eigenvalue weighted by Crippen LogP contribution is 2.18. The van der Waals surface area contributed by atoms with Gasteiger partial charge in [0.1, 0.15) is 12.3 Å². The SMILES string of the molecule is COc1ccc(C(=O)NCC(=O)O[C@@H](C)C(=O)NC2CC2)cc1. The summed E-state index contributed by atoms with van der Waals surface area (Å²) in [5.41, 5.74) is 0.401. The Morgan fingerprint density at radius 3 is 2.43 bits per heavy atom. The summed E-state index contributed by atoms with van der Waals surface area (Å²) in [5, 5.41) is 5.19. The molecule has 1 aromatic carbocycles. The minimum absolute atomic E-state index is 0.207. The van der Waals surface area contributed by atoms with Gasteiger partial charge in [-0.15, -0.1) is 0 Å². The normalized spacial score (nSPS) is 14.5. The van der Waals surface area contributed by atoms with Crippen LogP contribution in [0, 0.1) is 0 Å². The minimum Gasteiger partial charge on any atom is -0.497 e. The molecule has 1 aliphatic rings. The quantitative estimate of drug-likeness (QED) is 0.719. The summed E-state index contributed by atoms with van der Waals surface area (Å²) in [4.78, 5) is 35.2. The van der Waals surface area contributed by atoms with Crippen LogP contribution in [0.5, 0.6) is 5.75 Å². The van der Waals surface area contributed by atoms with Gasteiger partial charge in [0.05, 0.1) is 7.11 Å². The van der Waals surface area contributed by atoms with E-state index in [1.165, 1.54) is 14.0 Å². The molecule has 0 spiro atoms. The molecule has 1 fully saturated rings. The number of nitrogens with one attached hydrogen (secondary N) is 2. The van der Waals surface area contributed by atoms with Gasteiger partial charge in [-0.25, -0.2) is 0 Å². The summed E-state index contributed by atoms with van der Waals surface area (Å²) in [5.74, 6) is -0.746. The fourth-order valence-electron chi connectivity index (χ4n) is 1.84. The number of ether oxygens (including phenoxy) is 2. The molecule has 0 radical (unpaired) electrons. The smallest absolute Gasteiger partial charge is 0.326 e. The van der Waals surface area contributed by atoms with E-state index in [4.69, 9.17) is 9.47 Å². The molecule has 7 nitrogen and oxygen atoms in total. The van der Waals surface area contributed by atoms with Crippen LogP contribution in [0.1, 0.15) is 30.1 Å². The number of rotatable bonds is 7. The first-order chi connectivity index (χ1) is 11.0. The van der Waals surface area contributed by atoms with Crippen LogP contribution < -0.4 is 15.4 Å². The maximum atomic E-state index is 11.9. The predicted octanol–water partition coefficient (Wildman–Crippen LogP) is 0.635. The molecule has 2 amide bonds. The van der Waals surface area contributed by atoms with Crippen molar-refractivity contribution in [2.24, 2.45) is 0 Å². The third kappa shape index (κ3) is 5.28. The molecule has 0 aliphatic heterocycles. The Bertz CT molecular complexity index is 581. The highest BCUT2D eigenvalue weighted by Gasteiger charge is 2.27. The lowest BCUT2D eigenvalue weighted by molar-refractivity contribution is -0.153. The van der Waals surface area contributed by atoms with Crippen LogP contribution in [0.15, 0.2) is 24.3 Å². The van der Waals surface area contributed by atoms with E-state index >= 15 is 0 Å². The molecule has 23 heavy (non-hydrogen) atoms. The molecule has 124 valence electrons. The molecular weight excluding hydrogens is 300 g/mol. The van der Waals surface area contributed by atoms with Gasteiger partial charge in [0.2, 0.25) is 0 Å². The Balaban J connectivity index is 1.73. The average Bonchev–Trinajstić information content (AvgIpc) is 3.36. The molecule has 2 rings (SSSR count). The maximum absolute atomic E-state index is 11.9. The first kappa shape index (κ1) is 16.8. The van der Waals surface area contributed by atoms with Crippen LogP contribution in [0.25, 0.3) is 0 Å². The number of carbonyl (C=O) groups is 3. The van der Waals surface area contributed by atoms with E-state index in [9.17, 15) is 14.4 Å². The number of benzene rings is 1. The van der Waals surface area contributed by atoms with Gasteiger partial charge in [0.25, 0.3) is 11.8 Å². The summed E-state index contributed by atoms with van der Waals surface area (Å²) in [6.07, 6.45) is 1.05. The van der Waals surface area contributed by atoms with Crippen molar-refractivity contribution in [3.05, 3.63) is 29.8 Å². The second-order valence-corrected chi connectivity index (χ2v) is 5.33. The number of methoxy groups -OCH3 is 1. The molecule has 0 bridgehead atoms. The molecule has 1 aromatic rings. The lowest BCUT2D eigenvalue weighted by Gasteiger charge is -2.13. The Kier molecular flexibility index (Phi) is 5.56. The topological polar surface area (TPSA) is 93.7 Å². The van der Waals surface area contributed by atoms with Gasteiger partial charge in [-0.1, -0.05) is 0 Å². The monoisotopic (exact) mass is 320 g/mol. The molecule has 2 N–H and O–H groups in total. The van der Waals surface area contributed by atoms with E-state index in [0.717, 1.165) is 12.8 Å². The van der Waals surface area contributed by atoms with Gasteiger partial charge >= 0.3 is 5.97 Å². The zero-order chi connectivity index (χ0) is 16.8. The van der Waals surface area contributed by atoms with Gasteiger partial charge < -0.3 is 20.1 Å². The summed E-state index contributed by atoms with van der Waals surface area (Å²) in [7, 11) is 1.53. The zero-order valence-corrected chi connectivity index (χ0v) is 13.1. The zero-order valence-electron chi connectivity index (χ0n) is 13.1. The maximum Gasteiger partial charge on any atom is 0.326 e. The van der Waals surface area contributed by atoms with Gasteiger partial charge in [-0.2, -0.15) is 0 Å². The molecule has 1 saturated carbocycles. The fraction of sp³-hybridized carbons (Fsp3) is 0.438. The predicted molar refractivity (Wildman–Crippen MR) is 82.0 cm³/mol. The molecule has 0 aromatic heterocycles. The number of amides is 2. The lowest BCUT2D eigenvalue weighted by Crippen LogP contribution is -2.39. The Labute approximate surface area is 134 Å². The Morgan fingerprint density at radius 1 is 1.22 bits per heavy atom. The van der Waals surface area contributed by atoms with E-state index in [0.29, 0.717) is 11.3 Å². The van der Waals surface area contributed by atoms with Gasteiger partial charge in [-0.05, 0) is 44.0 Å². The molecule has 0 heterocycles. The van der Waals surface area contributed by atoms with Crippen molar-refractivity contribution in [1.82, 2.24) is 10.6 Å². The van der Waals surface area contributed by atoms with Crippen molar-refractivity contribution in [3.63, 3.8) is 0 Å². The minimum atomic E-state index is -0.874. The average molecular weight is 320 g/mol.